The maximum atomic E-state index is 6.17. The van der Waals surface area contributed by atoms with E-state index >= 15 is 0 Å². The molecule has 5 heteroatoms. The van der Waals surface area contributed by atoms with Gasteiger partial charge in [-0.1, -0.05) is 13.8 Å². The summed E-state index contributed by atoms with van der Waals surface area (Å²) in [6.45, 7) is 8.87. The van der Waals surface area contributed by atoms with Crippen molar-refractivity contribution < 1.29 is 4.74 Å². The Morgan fingerprint density at radius 1 is 1.33 bits per heavy atom. The summed E-state index contributed by atoms with van der Waals surface area (Å²) in [6, 6.07) is 2.17. The maximum absolute atomic E-state index is 6.17. The van der Waals surface area contributed by atoms with E-state index in [-0.39, 0.29) is 5.60 Å². The molecule has 1 spiro atoms. The molecule has 2 aliphatic heterocycles. The molecular formula is C16H26N4O. The number of hydrogen-bond donors (Lipinski definition) is 1. The minimum Gasteiger partial charge on any atom is -0.373 e. The number of rotatable bonds is 4. The average Bonchev–Trinajstić information content (AvgIpc) is 2.85. The lowest BCUT2D eigenvalue weighted by atomic mass is 9.87. The summed E-state index contributed by atoms with van der Waals surface area (Å²) >= 11 is 0. The third kappa shape index (κ3) is 3.71. The van der Waals surface area contributed by atoms with Crippen LogP contribution < -0.4 is 5.32 Å². The molecule has 1 aromatic heterocycles. The molecule has 2 fully saturated rings. The normalized spacial score (nSPS) is 25.6. The van der Waals surface area contributed by atoms with E-state index in [9.17, 15) is 0 Å². The van der Waals surface area contributed by atoms with Crippen LogP contribution in [0.5, 0.6) is 0 Å². The SMILES string of the molecule is CC(C)CN1CCC2(CC1)CC(Nc1ncccn1)CO2. The molecule has 1 N–H and O–H groups in total. The predicted octanol–water partition coefficient (Wildman–Crippen LogP) is 2.17. The molecule has 116 valence electrons. The van der Waals surface area contributed by atoms with Crippen molar-refractivity contribution >= 4 is 5.95 Å². The summed E-state index contributed by atoms with van der Waals surface area (Å²) in [4.78, 5) is 11.0. The van der Waals surface area contributed by atoms with Crippen molar-refractivity contribution in [2.75, 3.05) is 31.6 Å². The van der Waals surface area contributed by atoms with Gasteiger partial charge in [0.05, 0.1) is 18.2 Å². The van der Waals surface area contributed by atoms with Crippen LogP contribution in [0.2, 0.25) is 0 Å². The average molecular weight is 290 g/mol. The third-order valence-electron chi connectivity index (χ3n) is 4.50. The second-order valence-corrected chi connectivity index (χ2v) is 6.81. The van der Waals surface area contributed by atoms with Gasteiger partial charge in [-0.15, -0.1) is 0 Å². The van der Waals surface area contributed by atoms with Crippen LogP contribution in [-0.4, -0.2) is 52.8 Å². The summed E-state index contributed by atoms with van der Waals surface area (Å²) in [5.41, 5.74) is 0.0833. The Bertz CT molecular complexity index is 443. The number of aromatic nitrogens is 2. The van der Waals surface area contributed by atoms with Gasteiger partial charge < -0.3 is 15.0 Å². The van der Waals surface area contributed by atoms with Gasteiger partial charge in [-0.05, 0) is 31.2 Å². The molecule has 0 bridgehead atoms. The summed E-state index contributed by atoms with van der Waals surface area (Å²) in [6.07, 6.45) is 6.90. The predicted molar refractivity (Wildman–Crippen MR) is 83.3 cm³/mol. The number of anilines is 1. The molecule has 0 aromatic carbocycles. The number of piperidine rings is 1. The molecule has 1 aromatic rings. The molecule has 0 saturated carbocycles. The minimum atomic E-state index is 0.0833. The van der Waals surface area contributed by atoms with Gasteiger partial charge >= 0.3 is 0 Å². The summed E-state index contributed by atoms with van der Waals surface area (Å²) in [5, 5.41) is 3.40. The van der Waals surface area contributed by atoms with Gasteiger partial charge in [0.25, 0.3) is 0 Å². The Kier molecular flexibility index (Phi) is 4.40. The summed E-state index contributed by atoms with van der Waals surface area (Å²) in [7, 11) is 0. The van der Waals surface area contributed by atoms with Gasteiger partial charge in [-0.3, -0.25) is 0 Å². The molecule has 0 radical (unpaired) electrons. The standard InChI is InChI=1S/C16H26N4O/c1-13(2)11-20-8-4-16(5-9-20)10-14(12-21-16)19-15-17-6-3-7-18-15/h3,6-7,13-14H,4-5,8-12H2,1-2H3,(H,17,18,19). The highest BCUT2D eigenvalue weighted by atomic mass is 16.5. The Hall–Kier alpha value is -1.20. The lowest BCUT2D eigenvalue weighted by molar-refractivity contribution is -0.0449. The van der Waals surface area contributed by atoms with E-state index in [4.69, 9.17) is 4.74 Å². The Morgan fingerprint density at radius 2 is 2.05 bits per heavy atom. The Balaban J connectivity index is 1.50. The second kappa shape index (κ2) is 6.28. The van der Waals surface area contributed by atoms with E-state index in [0.29, 0.717) is 12.0 Å². The highest BCUT2D eigenvalue weighted by Gasteiger charge is 2.42. The van der Waals surface area contributed by atoms with Crippen LogP contribution in [0.25, 0.3) is 0 Å². The van der Waals surface area contributed by atoms with E-state index in [1.165, 1.54) is 6.54 Å². The van der Waals surface area contributed by atoms with Crippen molar-refractivity contribution in [2.45, 2.75) is 44.8 Å². The molecule has 21 heavy (non-hydrogen) atoms. The zero-order valence-electron chi connectivity index (χ0n) is 13.1. The first-order valence-corrected chi connectivity index (χ1v) is 8.05. The molecule has 3 rings (SSSR count). The first-order chi connectivity index (χ1) is 10.2. The number of nitrogens with zero attached hydrogens (tertiary/aromatic N) is 3. The van der Waals surface area contributed by atoms with Crippen LogP contribution >= 0.6 is 0 Å². The van der Waals surface area contributed by atoms with E-state index in [0.717, 1.165) is 44.9 Å². The van der Waals surface area contributed by atoms with Crippen LogP contribution in [-0.2, 0) is 4.74 Å². The van der Waals surface area contributed by atoms with Crippen molar-refractivity contribution in [1.29, 1.82) is 0 Å². The van der Waals surface area contributed by atoms with E-state index < -0.39 is 0 Å². The van der Waals surface area contributed by atoms with Gasteiger partial charge in [0.15, 0.2) is 0 Å². The largest absolute Gasteiger partial charge is 0.373 e. The first kappa shape index (κ1) is 14.7. The maximum Gasteiger partial charge on any atom is 0.222 e. The molecule has 5 nitrogen and oxygen atoms in total. The van der Waals surface area contributed by atoms with Crippen molar-refractivity contribution in [3.8, 4) is 0 Å². The van der Waals surface area contributed by atoms with Crippen molar-refractivity contribution in [1.82, 2.24) is 14.9 Å². The van der Waals surface area contributed by atoms with Crippen LogP contribution in [0.3, 0.4) is 0 Å². The highest BCUT2D eigenvalue weighted by Crippen LogP contribution is 2.36. The van der Waals surface area contributed by atoms with Crippen LogP contribution in [0.1, 0.15) is 33.1 Å². The van der Waals surface area contributed by atoms with Crippen LogP contribution in [0.15, 0.2) is 18.5 Å². The molecule has 0 amide bonds. The topological polar surface area (TPSA) is 50.3 Å². The molecular weight excluding hydrogens is 264 g/mol. The molecule has 1 unspecified atom stereocenters. The van der Waals surface area contributed by atoms with Crippen molar-refractivity contribution in [3.63, 3.8) is 0 Å². The van der Waals surface area contributed by atoms with Crippen LogP contribution in [0.4, 0.5) is 5.95 Å². The number of nitrogens with one attached hydrogen (secondary N) is 1. The van der Waals surface area contributed by atoms with Crippen LogP contribution in [0, 0.1) is 5.92 Å². The number of likely N-dealkylation sites (tertiary alicyclic amines) is 1. The van der Waals surface area contributed by atoms with E-state index in [1.807, 2.05) is 6.07 Å². The fourth-order valence-electron chi connectivity index (χ4n) is 3.50. The smallest absolute Gasteiger partial charge is 0.222 e. The van der Waals surface area contributed by atoms with Gasteiger partial charge in [-0.25, -0.2) is 9.97 Å². The second-order valence-electron chi connectivity index (χ2n) is 6.81. The van der Waals surface area contributed by atoms with Crippen molar-refractivity contribution in [3.05, 3.63) is 18.5 Å². The van der Waals surface area contributed by atoms with Gasteiger partial charge in [-0.2, -0.15) is 0 Å². The molecule has 0 aliphatic carbocycles. The number of ether oxygens (including phenoxy) is 1. The molecule has 1 atom stereocenters. The first-order valence-electron chi connectivity index (χ1n) is 8.05. The zero-order chi connectivity index (χ0) is 14.7. The molecule has 2 aliphatic rings. The lowest BCUT2D eigenvalue weighted by Crippen LogP contribution is -2.45. The fourth-order valence-corrected chi connectivity index (χ4v) is 3.50. The lowest BCUT2D eigenvalue weighted by Gasteiger charge is -2.39. The zero-order valence-corrected chi connectivity index (χ0v) is 13.1. The van der Waals surface area contributed by atoms with E-state index in [2.05, 4.69) is 34.0 Å². The Morgan fingerprint density at radius 3 is 2.71 bits per heavy atom. The molecule has 2 saturated heterocycles. The van der Waals surface area contributed by atoms with Gasteiger partial charge in [0.1, 0.15) is 0 Å². The quantitative estimate of drug-likeness (QED) is 0.921. The van der Waals surface area contributed by atoms with Crippen molar-refractivity contribution in [2.24, 2.45) is 5.92 Å². The highest BCUT2D eigenvalue weighted by molar-refractivity contribution is 5.25. The fraction of sp³-hybridized carbons (Fsp3) is 0.750. The third-order valence-corrected chi connectivity index (χ3v) is 4.50. The summed E-state index contributed by atoms with van der Waals surface area (Å²) < 4.78 is 6.17. The minimum absolute atomic E-state index is 0.0833. The molecule has 3 heterocycles. The summed E-state index contributed by atoms with van der Waals surface area (Å²) in [5.74, 6) is 1.45. The van der Waals surface area contributed by atoms with Gasteiger partial charge in [0.2, 0.25) is 5.95 Å². The monoisotopic (exact) mass is 290 g/mol. The Labute approximate surface area is 127 Å². The van der Waals surface area contributed by atoms with E-state index in [1.54, 1.807) is 12.4 Å². The van der Waals surface area contributed by atoms with Gasteiger partial charge in [0, 0.05) is 32.0 Å². The number of hydrogen-bond acceptors (Lipinski definition) is 5.